The summed E-state index contributed by atoms with van der Waals surface area (Å²) in [4.78, 5) is 5.86. The molecule has 18 heavy (non-hydrogen) atoms. The molecule has 2 nitrogen and oxygen atoms in total. The predicted octanol–water partition coefficient (Wildman–Crippen LogP) is 4.22. The van der Waals surface area contributed by atoms with Crippen LogP contribution in [0.5, 0.6) is 0 Å². The second kappa shape index (κ2) is 4.16. The number of aromatic nitrogens is 1. The Kier molecular flexibility index (Phi) is 2.73. The molecule has 0 spiro atoms. The third-order valence-corrected chi connectivity index (χ3v) is 5.05. The molecule has 0 atom stereocenters. The third kappa shape index (κ3) is 2.07. The van der Waals surface area contributed by atoms with Gasteiger partial charge < -0.3 is 5.73 Å². The molecule has 0 unspecified atom stereocenters. The van der Waals surface area contributed by atoms with Crippen LogP contribution in [0.1, 0.15) is 18.9 Å². The van der Waals surface area contributed by atoms with Gasteiger partial charge in [-0.15, -0.1) is 22.7 Å². The average Bonchev–Trinajstić information content (AvgIpc) is 2.94. The SMILES string of the molecule is CC(C)(N)c1nc(-c2cc3ccccc3s2)cs1. The fraction of sp³-hybridized carbons (Fsp3) is 0.214. The smallest absolute Gasteiger partial charge is 0.113 e. The van der Waals surface area contributed by atoms with E-state index in [4.69, 9.17) is 5.73 Å². The molecule has 0 aliphatic carbocycles. The van der Waals surface area contributed by atoms with Gasteiger partial charge in [-0.1, -0.05) is 18.2 Å². The summed E-state index contributed by atoms with van der Waals surface area (Å²) < 4.78 is 1.30. The van der Waals surface area contributed by atoms with Crippen molar-refractivity contribution in [2.75, 3.05) is 0 Å². The fourth-order valence-electron chi connectivity index (χ4n) is 1.79. The number of nitrogens with zero attached hydrogens (tertiary/aromatic N) is 1. The minimum atomic E-state index is -0.362. The van der Waals surface area contributed by atoms with Crippen LogP contribution < -0.4 is 5.73 Å². The van der Waals surface area contributed by atoms with Crippen LogP contribution in [0.4, 0.5) is 0 Å². The summed E-state index contributed by atoms with van der Waals surface area (Å²) >= 11 is 3.41. The number of rotatable bonds is 2. The molecule has 1 aromatic carbocycles. The van der Waals surface area contributed by atoms with Gasteiger partial charge in [-0.2, -0.15) is 0 Å². The number of nitrogens with two attached hydrogens (primary N) is 1. The summed E-state index contributed by atoms with van der Waals surface area (Å²) in [5.74, 6) is 0. The monoisotopic (exact) mass is 274 g/mol. The van der Waals surface area contributed by atoms with E-state index in [1.54, 1.807) is 22.7 Å². The Bertz CT molecular complexity index is 656. The van der Waals surface area contributed by atoms with Crippen LogP contribution in [0.25, 0.3) is 20.7 Å². The molecule has 0 saturated heterocycles. The molecular formula is C14H14N2S2. The number of benzene rings is 1. The van der Waals surface area contributed by atoms with Crippen molar-refractivity contribution in [3.63, 3.8) is 0 Å². The molecule has 3 rings (SSSR count). The van der Waals surface area contributed by atoms with Gasteiger partial charge in [0.05, 0.1) is 16.1 Å². The van der Waals surface area contributed by atoms with Crippen molar-refractivity contribution in [3.8, 4) is 10.6 Å². The molecule has 2 heterocycles. The molecule has 3 aromatic rings. The molecule has 0 radical (unpaired) electrons. The number of hydrogen-bond acceptors (Lipinski definition) is 4. The van der Waals surface area contributed by atoms with Crippen molar-refractivity contribution in [2.24, 2.45) is 5.73 Å². The van der Waals surface area contributed by atoms with Gasteiger partial charge in [0.1, 0.15) is 5.01 Å². The summed E-state index contributed by atoms with van der Waals surface area (Å²) in [7, 11) is 0. The fourth-order valence-corrected chi connectivity index (χ4v) is 3.75. The topological polar surface area (TPSA) is 38.9 Å². The van der Waals surface area contributed by atoms with Crippen molar-refractivity contribution >= 4 is 32.8 Å². The zero-order valence-electron chi connectivity index (χ0n) is 10.3. The number of hydrogen-bond donors (Lipinski definition) is 1. The number of thiazole rings is 1. The summed E-state index contributed by atoms with van der Waals surface area (Å²) in [5.41, 5.74) is 6.75. The minimum Gasteiger partial charge on any atom is -0.320 e. The van der Waals surface area contributed by atoms with Gasteiger partial charge in [-0.25, -0.2) is 4.98 Å². The zero-order chi connectivity index (χ0) is 12.8. The second-order valence-corrected chi connectivity index (χ2v) is 6.85. The predicted molar refractivity (Wildman–Crippen MR) is 80.1 cm³/mol. The summed E-state index contributed by atoms with van der Waals surface area (Å²) in [6, 6.07) is 10.6. The average molecular weight is 274 g/mol. The lowest BCUT2D eigenvalue weighted by molar-refractivity contribution is 0.551. The van der Waals surface area contributed by atoms with Gasteiger partial charge in [0, 0.05) is 10.1 Å². The molecular weight excluding hydrogens is 260 g/mol. The molecule has 0 aliphatic heterocycles. The van der Waals surface area contributed by atoms with E-state index in [0.29, 0.717) is 0 Å². The third-order valence-electron chi connectivity index (χ3n) is 2.73. The normalized spacial score (nSPS) is 12.2. The lowest BCUT2D eigenvalue weighted by atomic mass is 10.1. The van der Waals surface area contributed by atoms with Gasteiger partial charge >= 0.3 is 0 Å². The zero-order valence-corrected chi connectivity index (χ0v) is 11.9. The van der Waals surface area contributed by atoms with E-state index < -0.39 is 0 Å². The second-order valence-electron chi connectivity index (χ2n) is 4.91. The first-order chi connectivity index (χ1) is 8.54. The highest BCUT2D eigenvalue weighted by atomic mass is 32.1. The van der Waals surface area contributed by atoms with Crippen molar-refractivity contribution in [2.45, 2.75) is 19.4 Å². The van der Waals surface area contributed by atoms with Crippen LogP contribution >= 0.6 is 22.7 Å². The van der Waals surface area contributed by atoms with Gasteiger partial charge in [-0.05, 0) is 31.4 Å². The van der Waals surface area contributed by atoms with Crippen LogP contribution in [0.3, 0.4) is 0 Å². The largest absolute Gasteiger partial charge is 0.320 e. The maximum atomic E-state index is 6.07. The summed E-state index contributed by atoms with van der Waals surface area (Å²) in [6.45, 7) is 3.97. The Balaban J connectivity index is 2.06. The number of fused-ring (bicyclic) bond motifs is 1. The first-order valence-electron chi connectivity index (χ1n) is 5.78. The van der Waals surface area contributed by atoms with Crippen LogP contribution in [0, 0.1) is 0 Å². The maximum Gasteiger partial charge on any atom is 0.113 e. The Morgan fingerprint density at radius 1 is 1.22 bits per heavy atom. The van der Waals surface area contributed by atoms with Crippen molar-refractivity contribution in [3.05, 3.63) is 40.7 Å². The first-order valence-corrected chi connectivity index (χ1v) is 7.47. The summed E-state index contributed by atoms with van der Waals surface area (Å²) in [5, 5.41) is 4.35. The highest BCUT2D eigenvalue weighted by molar-refractivity contribution is 7.22. The lowest BCUT2D eigenvalue weighted by Crippen LogP contribution is -2.28. The summed E-state index contributed by atoms with van der Waals surface area (Å²) in [6.07, 6.45) is 0. The number of thiophene rings is 1. The molecule has 2 N–H and O–H groups in total. The van der Waals surface area contributed by atoms with Crippen LogP contribution in [-0.2, 0) is 5.54 Å². The van der Waals surface area contributed by atoms with E-state index in [1.165, 1.54) is 15.0 Å². The van der Waals surface area contributed by atoms with E-state index >= 15 is 0 Å². The molecule has 2 aromatic heterocycles. The van der Waals surface area contributed by atoms with E-state index in [1.807, 2.05) is 13.8 Å². The molecule has 0 bridgehead atoms. The Hall–Kier alpha value is -1.23. The Morgan fingerprint density at radius 2 is 2.00 bits per heavy atom. The van der Waals surface area contributed by atoms with Gasteiger partial charge in [0.25, 0.3) is 0 Å². The van der Waals surface area contributed by atoms with Gasteiger partial charge in [0.2, 0.25) is 0 Å². The molecule has 0 saturated carbocycles. The van der Waals surface area contributed by atoms with Gasteiger partial charge in [0.15, 0.2) is 0 Å². The highest BCUT2D eigenvalue weighted by Gasteiger charge is 2.19. The van der Waals surface area contributed by atoms with E-state index in [0.717, 1.165) is 10.7 Å². The van der Waals surface area contributed by atoms with Crippen molar-refractivity contribution in [1.29, 1.82) is 0 Å². The highest BCUT2D eigenvalue weighted by Crippen LogP contribution is 2.35. The van der Waals surface area contributed by atoms with E-state index in [9.17, 15) is 0 Å². The van der Waals surface area contributed by atoms with Crippen LogP contribution in [-0.4, -0.2) is 4.98 Å². The van der Waals surface area contributed by atoms with Crippen LogP contribution in [0.2, 0.25) is 0 Å². The van der Waals surface area contributed by atoms with Crippen molar-refractivity contribution < 1.29 is 0 Å². The first kappa shape index (κ1) is 11.8. The molecule has 0 fully saturated rings. The minimum absolute atomic E-state index is 0.362. The Morgan fingerprint density at radius 3 is 2.67 bits per heavy atom. The molecule has 92 valence electrons. The van der Waals surface area contributed by atoms with Crippen LogP contribution in [0.15, 0.2) is 35.7 Å². The van der Waals surface area contributed by atoms with E-state index in [-0.39, 0.29) is 5.54 Å². The quantitative estimate of drug-likeness (QED) is 0.760. The Labute approximate surface area is 114 Å². The van der Waals surface area contributed by atoms with Gasteiger partial charge in [-0.3, -0.25) is 0 Å². The standard InChI is InChI=1S/C14H14N2S2/c1-14(2,15)13-16-10(8-17-13)12-7-9-5-3-4-6-11(9)18-12/h3-8H,15H2,1-2H3. The molecule has 0 amide bonds. The van der Waals surface area contributed by atoms with Crippen molar-refractivity contribution in [1.82, 2.24) is 4.98 Å². The molecule has 0 aliphatic rings. The lowest BCUT2D eigenvalue weighted by Gasteiger charge is -2.13. The molecule has 4 heteroatoms. The maximum absolute atomic E-state index is 6.07. The van der Waals surface area contributed by atoms with E-state index in [2.05, 4.69) is 40.7 Å².